The maximum atomic E-state index is 11.6. The second-order valence-electron chi connectivity index (χ2n) is 4.52. The first-order valence-corrected chi connectivity index (χ1v) is 5.79. The molecule has 104 valence electrons. The number of carbonyl (C=O) groups excluding carboxylic acids is 1. The van der Waals surface area contributed by atoms with Crippen LogP contribution in [0.4, 0.5) is 5.69 Å². The topological polar surface area (TPSA) is 107 Å². The molecule has 1 unspecified atom stereocenters. The zero-order valence-corrected chi connectivity index (χ0v) is 11.0. The van der Waals surface area contributed by atoms with Gasteiger partial charge in [0.2, 0.25) is 0 Å². The predicted molar refractivity (Wildman–Crippen MR) is 69.4 cm³/mol. The Bertz CT molecular complexity index is 488. The van der Waals surface area contributed by atoms with Gasteiger partial charge in [-0.1, -0.05) is 19.9 Å². The highest BCUT2D eigenvalue weighted by Crippen LogP contribution is 2.29. The Morgan fingerprint density at radius 3 is 2.58 bits per heavy atom. The number of hydrazine groups is 1. The van der Waals surface area contributed by atoms with Crippen molar-refractivity contribution in [1.82, 2.24) is 5.43 Å². The summed E-state index contributed by atoms with van der Waals surface area (Å²) in [6, 6.07) is 4.56. The molecule has 0 aliphatic heterocycles. The summed E-state index contributed by atoms with van der Waals surface area (Å²) in [7, 11) is 0. The van der Waals surface area contributed by atoms with Crippen LogP contribution in [0.5, 0.6) is 5.75 Å². The highest BCUT2D eigenvalue weighted by molar-refractivity contribution is 5.80. The Morgan fingerprint density at radius 1 is 1.47 bits per heavy atom. The van der Waals surface area contributed by atoms with Crippen LogP contribution < -0.4 is 16.0 Å². The van der Waals surface area contributed by atoms with E-state index in [0.29, 0.717) is 0 Å². The van der Waals surface area contributed by atoms with Gasteiger partial charge in [0.1, 0.15) is 0 Å². The van der Waals surface area contributed by atoms with Gasteiger partial charge in [0, 0.05) is 6.07 Å². The normalized spacial score (nSPS) is 12.1. The molecular formula is C12H17N3O4. The predicted octanol–water partition coefficient (Wildman–Crippen LogP) is 1.30. The maximum Gasteiger partial charge on any atom is 0.311 e. The highest BCUT2D eigenvalue weighted by atomic mass is 16.6. The number of ether oxygens (including phenoxy) is 1. The van der Waals surface area contributed by atoms with Crippen LogP contribution in [0.15, 0.2) is 18.2 Å². The first-order chi connectivity index (χ1) is 8.86. The number of hydrogen-bond donors (Lipinski definition) is 2. The minimum atomic E-state index is -0.883. The van der Waals surface area contributed by atoms with Crippen LogP contribution in [0.2, 0.25) is 0 Å². The molecule has 1 aromatic rings. The SMILES string of the molecule is Cc1ccc(OC(C(=O)NN)C(C)C)c([N+](=O)[O-])c1. The van der Waals surface area contributed by atoms with Crippen LogP contribution in [0.25, 0.3) is 0 Å². The minimum Gasteiger partial charge on any atom is -0.473 e. The van der Waals surface area contributed by atoms with Crippen molar-refractivity contribution >= 4 is 11.6 Å². The van der Waals surface area contributed by atoms with Gasteiger partial charge in [0.15, 0.2) is 11.9 Å². The van der Waals surface area contributed by atoms with Gasteiger partial charge < -0.3 is 4.74 Å². The third kappa shape index (κ3) is 3.65. The third-order valence-corrected chi connectivity index (χ3v) is 2.57. The van der Waals surface area contributed by atoms with E-state index in [4.69, 9.17) is 10.6 Å². The Morgan fingerprint density at radius 2 is 2.11 bits per heavy atom. The molecule has 7 heteroatoms. The largest absolute Gasteiger partial charge is 0.473 e. The van der Waals surface area contributed by atoms with Crippen LogP contribution in [-0.2, 0) is 4.79 Å². The van der Waals surface area contributed by atoms with Crippen LogP contribution in [-0.4, -0.2) is 16.9 Å². The van der Waals surface area contributed by atoms with E-state index in [1.165, 1.54) is 12.1 Å². The van der Waals surface area contributed by atoms with Crippen LogP contribution in [0.3, 0.4) is 0 Å². The average Bonchev–Trinajstić information content (AvgIpc) is 2.35. The molecule has 0 radical (unpaired) electrons. The lowest BCUT2D eigenvalue weighted by molar-refractivity contribution is -0.386. The van der Waals surface area contributed by atoms with Crippen molar-refractivity contribution in [3.05, 3.63) is 33.9 Å². The summed E-state index contributed by atoms with van der Waals surface area (Å²) in [5, 5.41) is 11.0. The fourth-order valence-corrected chi connectivity index (χ4v) is 1.58. The molecule has 0 saturated heterocycles. The van der Waals surface area contributed by atoms with E-state index < -0.39 is 16.9 Å². The smallest absolute Gasteiger partial charge is 0.311 e. The van der Waals surface area contributed by atoms with Crippen molar-refractivity contribution in [3.63, 3.8) is 0 Å². The average molecular weight is 267 g/mol. The van der Waals surface area contributed by atoms with Gasteiger partial charge in [-0.3, -0.25) is 20.3 Å². The molecule has 7 nitrogen and oxygen atoms in total. The van der Waals surface area contributed by atoms with E-state index in [-0.39, 0.29) is 17.4 Å². The number of carbonyl (C=O) groups is 1. The monoisotopic (exact) mass is 267 g/mol. The van der Waals surface area contributed by atoms with E-state index in [2.05, 4.69) is 0 Å². The van der Waals surface area contributed by atoms with Gasteiger partial charge in [-0.25, -0.2) is 5.84 Å². The summed E-state index contributed by atoms with van der Waals surface area (Å²) < 4.78 is 5.44. The van der Waals surface area contributed by atoms with Gasteiger partial charge in [-0.15, -0.1) is 0 Å². The Hall–Kier alpha value is -2.15. The molecule has 0 heterocycles. The second-order valence-corrected chi connectivity index (χ2v) is 4.52. The van der Waals surface area contributed by atoms with E-state index in [9.17, 15) is 14.9 Å². The molecule has 0 fully saturated rings. The number of hydrogen-bond acceptors (Lipinski definition) is 5. The fraction of sp³-hybridized carbons (Fsp3) is 0.417. The Labute approximate surface area is 110 Å². The molecule has 0 spiro atoms. The van der Waals surface area contributed by atoms with Crippen molar-refractivity contribution in [2.24, 2.45) is 11.8 Å². The van der Waals surface area contributed by atoms with Gasteiger partial charge in [-0.2, -0.15) is 0 Å². The van der Waals surface area contributed by atoms with Crippen LogP contribution in [0, 0.1) is 23.0 Å². The quantitative estimate of drug-likeness (QED) is 0.362. The van der Waals surface area contributed by atoms with Crippen molar-refractivity contribution in [2.75, 3.05) is 0 Å². The fourth-order valence-electron chi connectivity index (χ4n) is 1.58. The molecule has 1 amide bonds. The lowest BCUT2D eigenvalue weighted by Crippen LogP contribution is -2.44. The van der Waals surface area contributed by atoms with E-state index >= 15 is 0 Å². The maximum absolute atomic E-state index is 11.6. The van der Waals surface area contributed by atoms with Gasteiger partial charge in [0.05, 0.1) is 4.92 Å². The summed E-state index contributed by atoms with van der Waals surface area (Å²) in [5.74, 6) is 4.43. The van der Waals surface area contributed by atoms with E-state index in [1.807, 2.05) is 5.43 Å². The number of rotatable bonds is 5. The molecule has 1 atom stereocenters. The number of nitro groups is 1. The van der Waals surface area contributed by atoms with Crippen LogP contribution in [0.1, 0.15) is 19.4 Å². The third-order valence-electron chi connectivity index (χ3n) is 2.57. The second kappa shape index (κ2) is 6.14. The first kappa shape index (κ1) is 14.9. The molecule has 0 aliphatic rings. The number of amides is 1. The molecular weight excluding hydrogens is 250 g/mol. The lowest BCUT2D eigenvalue weighted by Gasteiger charge is -2.20. The standard InChI is InChI=1S/C12H17N3O4/c1-7(2)11(12(16)14-13)19-10-5-4-8(3)6-9(10)15(17)18/h4-7,11H,13H2,1-3H3,(H,14,16). The summed E-state index contributed by atoms with van der Waals surface area (Å²) >= 11 is 0. The first-order valence-electron chi connectivity index (χ1n) is 5.79. The van der Waals surface area contributed by atoms with E-state index in [1.54, 1.807) is 26.8 Å². The number of nitrogens with two attached hydrogens (primary N) is 1. The van der Waals surface area contributed by atoms with Crippen molar-refractivity contribution < 1.29 is 14.5 Å². The number of nitrogens with zero attached hydrogens (tertiary/aromatic N) is 1. The molecule has 0 saturated carbocycles. The number of benzene rings is 1. The molecule has 0 aromatic heterocycles. The van der Waals surface area contributed by atoms with Gasteiger partial charge >= 0.3 is 5.69 Å². The Balaban J connectivity index is 3.09. The summed E-state index contributed by atoms with van der Waals surface area (Å²) in [6.45, 7) is 5.27. The zero-order valence-electron chi connectivity index (χ0n) is 11.0. The minimum absolute atomic E-state index is 0.0536. The Kier molecular flexibility index (Phi) is 4.82. The van der Waals surface area contributed by atoms with Crippen molar-refractivity contribution in [1.29, 1.82) is 0 Å². The van der Waals surface area contributed by atoms with Crippen LogP contribution >= 0.6 is 0 Å². The van der Waals surface area contributed by atoms with E-state index in [0.717, 1.165) is 5.56 Å². The molecule has 0 bridgehead atoms. The number of nitrogens with one attached hydrogen (secondary N) is 1. The molecule has 0 aliphatic carbocycles. The lowest BCUT2D eigenvalue weighted by atomic mass is 10.1. The highest BCUT2D eigenvalue weighted by Gasteiger charge is 2.26. The molecule has 1 aromatic carbocycles. The number of nitro benzene ring substituents is 1. The summed E-state index contributed by atoms with van der Waals surface area (Å²) in [6.07, 6.45) is -0.883. The van der Waals surface area contributed by atoms with Crippen molar-refractivity contribution in [3.8, 4) is 5.75 Å². The summed E-state index contributed by atoms with van der Waals surface area (Å²) in [5.41, 5.74) is 2.56. The van der Waals surface area contributed by atoms with Crippen molar-refractivity contribution in [2.45, 2.75) is 26.9 Å². The molecule has 3 N–H and O–H groups in total. The van der Waals surface area contributed by atoms with Gasteiger partial charge in [-0.05, 0) is 24.5 Å². The summed E-state index contributed by atoms with van der Waals surface area (Å²) in [4.78, 5) is 22.0. The number of aryl methyl sites for hydroxylation is 1. The molecule has 19 heavy (non-hydrogen) atoms. The van der Waals surface area contributed by atoms with Gasteiger partial charge in [0.25, 0.3) is 5.91 Å². The zero-order chi connectivity index (χ0) is 14.6. The molecule has 1 rings (SSSR count).